The molecule has 2 rings (SSSR count). The molecule has 0 saturated carbocycles. The molecule has 90 valence electrons. The molecule has 1 heterocycles. The van der Waals surface area contributed by atoms with E-state index in [9.17, 15) is 0 Å². The Labute approximate surface area is 102 Å². The number of nitrogens with one attached hydrogen (secondary N) is 1. The first kappa shape index (κ1) is 11.7. The van der Waals surface area contributed by atoms with Gasteiger partial charge in [0.2, 0.25) is 0 Å². The molecule has 1 aromatic carbocycles. The molecule has 1 aliphatic heterocycles. The molecule has 0 aliphatic carbocycles. The molecule has 0 amide bonds. The van der Waals surface area contributed by atoms with Crippen LogP contribution in [0.2, 0.25) is 0 Å². The molecule has 17 heavy (non-hydrogen) atoms. The quantitative estimate of drug-likeness (QED) is 0.775. The first-order valence-corrected chi connectivity index (χ1v) is 5.94. The lowest BCUT2D eigenvalue weighted by Crippen LogP contribution is -2.31. The Balaban J connectivity index is 1.97. The van der Waals surface area contributed by atoms with E-state index in [1.807, 2.05) is 12.1 Å². The Morgan fingerprint density at radius 3 is 3.06 bits per heavy atom. The van der Waals surface area contributed by atoms with Gasteiger partial charge in [-0.15, -0.1) is 0 Å². The smallest absolute Gasteiger partial charge is 0.101 e. The fourth-order valence-corrected chi connectivity index (χ4v) is 2.24. The Kier molecular flexibility index (Phi) is 3.50. The van der Waals surface area contributed by atoms with Crippen LogP contribution in [-0.2, 0) is 0 Å². The van der Waals surface area contributed by atoms with Crippen LogP contribution in [0.4, 0.5) is 11.4 Å². The van der Waals surface area contributed by atoms with E-state index in [4.69, 9.17) is 11.0 Å². The molecule has 0 radical (unpaired) electrons. The van der Waals surface area contributed by atoms with E-state index in [-0.39, 0.29) is 0 Å². The average molecular weight is 230 g/mol. The fourth-order valence-electron chi connectivity index (χ4n) is 2.24. The lowest BCUT2D eigenvalue weighted by molar-refractivity contribution is 0.322. The number of rotatable bonds is 3. The highest BCUT2D eigenvalue weighted by Crippen LogP contribution is 2.19. The minimum atomic E-state index is 0.537. The van der Waals surface area contributed by atoms with Crippen molar-refractivity contribution in [3.05, 3.63) is 23.8 Å². The normalized spacial score (nSPS) is 20.1. The van der Waals surface area contributed by atoms with Gasteiger partial charge in [0.1, 0.15) is 6.07 Å². The van der Waals surface area contributed by atoms with Gasteiger partial charge >= 0.3 is 0 Å². The third kappa shape index (κ3) is 2.69. The van der Waals surface area contributed by atoms with Gasteiger partial charge in [0.25, 0.3) is 0 Å². The highest BCUT2D eigenvalue weighted by Gasteiger charge is 2.20. The summed E-state index contributed by atoms with van der Waals surface area (Å²) in [5.41, 5.74) is 7.73. The van der Waals surface area contributed by atoms with Crippen molar-refractivity contribution in [3.8, 4) is 6.07 Å². The maximum absolute atomic E-state index is 8.90. The molecule has 0 bridgehead atoms. The van der Waals surface area contributed by atoms with E-state index < -0.39 is 0 Å². The Morgan fingerprint density at radius 2 is 2.41 bits per heavy atom. The van der Waals surface area contributed by atoms with Gasteiger partial charge in [-0.1, -0.05) is 0 Å². The zero-order valence-corrected chi connectivity index (χ0v) is 10.1. The van der Waals surface area contributed by atoms with Crippen LogP contribution in [0.5, 0.6) is 0 Å². The minimum Gasteiger partial charge on any atom is -0.398 e. The van der Waals surface area contributed by atoms with Gasteiger partial charge in [-0.25, -0.2) is 0 Å². The topological polar surface area (TPSA) is 65.1 Å². The van der Waals surface area contributed by atoms with E-state index in [0.717, 1.165) is 12.2 Å². The molecule has 4 heteroatoms. The number of anilines is 2. The van der Waals surface area contributed by atoms with Crippen LogP contribution < -0.4 is 11.1 Å². The standard InChI is InChI=1S/C13H18N4/c1-17-6-2-3-12(17)9-16-11-4-5-13(15)10(7-11)8-14/h4-5,7,12,16H,2-3,6,9,15H2,1H3. The maximum atomic E-state index is 8.90. The number of benzene rings is 1. The first-order chi connectivity index (χ1) is 8.20. The minimum absolute atomic E-state index is 0.537. The van der Waals surface area contributed by atoms with Crippen LogP contribution in [0.3, 0.4) is 0 Å². The second kappa shape index (κ2) is 5.07. The third-order valence-corrected chi connectivity index (χ3v) is 3.39. The third-order valence-electron chi connectivity index (χ3n) is 3.39. The molecule has 0 spiro atoms. The summed E-state index contributed by atoms with van der Waals surface area (Å²) in [7, 11) is 2.16. The molecular formula is C13H18N4. The molecule has 1 aliphatic rings. The van der Waals surface area contributed by atoms with Gasteiger partial charge in [-0.3, -0.25) is 0 Å². The predicted octanol–water partition coefficient (Wildman–Crippen LogP) is 1.65. The van der Waals surface area contributed by atoms with E-state index in [0.29, 0.717) is 17.3 Å². The van der Waals surface area contributed by atoms with Crippen LogP contribution >= 0.6 is 0 Å². The SMILES string of the molecule is CN1CCCC1CNc1ccc(N)c(C#N)c1. The van der Waals surface area contributed by atoms with E-state index in [1.165, 1.54) is 19.4 Å². The van der Waals surface area contributed by atoms with Crippen molar-refractivity contribution in [1.82, 2.24) is 4.90 Å². The van der Waals surface area contributed by atoms with Crippen molar-refractivity contribution in [2.75, 3.05) is 31.2 Å². The molecule has 1 atom stereocenters. The Morgan fingerprint density at radius 1 is 1.59 bits per heavy atom. The monoisotopic (exact) mass is 230 g/mol. The molecule has 1 saturated heterocycles. The van der Waals surface area contributed by atoms with Crippen LogP contribution in [-0.4, -0.2) is 31.1 Å². The molecule has 3 N–H and O–H groups in total. The molecule has 1 aromatic rings. The number of likely N-dealkylation sites (N-methyl/N-ethyl adjacent to an activating group) is 1. The van der Waals surface area contributed by atoms with Crippen LogP contribution in [0.25, 0.3) is 0 Å². The van der Waals surface area contributed by atoms with Crippen molar-refractivity contribution in [2.45, 2.75) is 18.9 Å². The molecule has 4 nitrogen and oxygen atoms in total. The first-order valence-electron chi connectivity index (χ1n) is 5.94. The summed E-state index contributed by atoms with van der Waals surface area (Å²) in [4.78, 5) is 2.37. The zero-order valence-electron chi connectivity index (χ0n) is 10.1. The van der Waals surface area contributed by atoms with Crippen LogP contribution in [0.15, 0.2) is 18.2 Å². The molecular weight excluding hydrogens is 212 g/mol. The van der Waals surface area contributed by atoms with Crippen molar-refractivity contribution < 1.29 is 0 Å². The molecule has 1 unspecified atom stereocenters. The lowest BCUT2D eigenvalue weighted by Gasteiger charge is -2.20. The van der Waals surface area contributed by atoms with Gasteiger partial charge in [-0.05, 0) is 44.6 Å². The average Bonchev–Trinajstić information content (AvgIpc) is 2.74. The predicted molar refractivity (Wildman–Crippen MR) is 69.7 cm³/mol. The molecule has 1 fully saturated rings. The van der Waals surface area contributed by atoms with E-state index in [1.54, 1.807) is 6.07 Å². The largest absolute Gasteiger partial charge is 0.398 e. The number of hydrogen-bond acceptors (Lipinski definition) is 4. The number of hydrogen-bond donors (Lipinski definition) is 2. The summed E-state index contributed by atoms with van der Waals surface area (Å²) < 4.78 is 0. The highest BCUT2D eigenvalue weighted by atomic mass is 15.2. The summed E-state index contributed by atoms with van der Waals surface area (Å²) in [5.74, 6) is 0. The Hall–Kier alpha value is -1.73. The van der Waals surface area contributed by atoms with Gasteiger partial charge in [0, 0.05) is 24.0 Å². The van der Waals surface area contributed by atoms with Crippen LogP contribution in [0.1, 0.15) is 18.4 Å². The summed E-state index contributed by atoms with van der Waals surface area (Å²) >= 11 is 0. The maximum Gasteiger partial charge on any atom is 0.101 e. The Bertz CT molecular complexity index is 436. The van der Waals surface area contributed by atoms with Gasteiger partial charge in [-0.2, -0.15) is 5.26 Å². The number of likely N-dealkylation sites (tertiary alicyclic amines) is 1. The summed E-state index contributed by atoms with van der Waals surface area (Å²) in [5, 5.41) is 12.3. The number of nitrogens with zero attached hydrogens (tertiary/aromatic N) is 2. The van der Waals surface area contributed by atoms with Crippen molar-refractivity contribution in [3.63, 3.8) is 0 Å². The van der Waals surface area contributed by atoms with Crippen LogP contribution in [0, 0.1) is 11.3 Å². The van der Waals surface area contributed by atoms with Crippen molar-refractivity contribution >= 4 is 11.4 Å². The lowest BCUT2D eigenvalue weighted by atomic mass is 10.1. The number of nitriles is 1. The second-order valence-corrected chi connectivity index (χ2v) is 4.57. The highest BCUT2D eigenvalue weighted by molar-refractivity contribution is 5.61. The van der Waals surface area contributed by atoms with Crippen molar-refractivity contribution in [1.29, 1.82) is 5.26 Å². The number of nitrogen functional groups attached to an aromatic ring is 1. The van der Waals surface area contributed by atoms with E-state index >= 15 is 0 Å². The summed E-state index contributed by atoms with van der Waals surface area (Å²) in [6.45, 7) is 2.10. The van der Waals surface area contributed by atoms with Gasteiger partial charge in [0.15, 0.2) is 0 Å². The second-order valence-electron chi connectivity index (χ2n) is 4.57. The van der Waals surface area contributed by atoms with E-state index in [2.05, 4.69) is 23.3 Å². The number of nitrogens with two attached hydrogens (primary N) is 1. The summed E-state index contributed by atoms with van der Waals surface area (Å²) in [6.07, 6.45) is 2.51. The molecule has 0 aromatic heterocycles. The fraction of sp³-hybridized carbons (Fsp3) is 0.462. The van der Waals surface area contributed by atoms with Gasteiger partial charge < -0.3 is 16.0 Å². The van der Waals surface area contributed by atoms with Crippen molar-refractivity contribution in [2.24, 2.45) is 0 Å². The summed E-state index contributed by atoms with van der Waals surface area (Å²) in [6, 6.07) is 8.20. The zero-order chi connectivity index (χ0) is 12.3. The van der Waals surface area contributed by atoms with Gasteiger partial charge in [0.05, 0.1) is 5.56 Å².